The third-order valence-electron chi connectivity index (χ3n) is 7.14. The highest BCUT2D eigenvalue weighted by atomic mass is 19.4. The third-order valence-corrected chi connectivity index (χ3v) is 7.14. The van der Waals surface area contributed by atoms with Gasteiger partial charge in [0, 0.05) is 36.8 Å². The van der Waals surface area contributed by atoms with Gasteiger partial charge in [-0.25, -0.2) is 4.79 Å². The lowest BCUT2D eigenvalue weighted by atomic mass is 9.99. The molecule has 1 fully saturated rings. The van der Waals surface area contributed by atoms with Gasteiger partial charge < -0.3 is 30.3 Å². The Morgan fingerprint density at radius 3 is 2.38 bits per heavy atom. The summed E-state index contributed by atoms with van der Waals surface area (Å²) in [4.78, 5) is 41.6. The Bertz CT molecular complexity index is 1250. The zero-order valence-electron chi connectivity index (χ0n) is 22.5. The zero-order chi connectivity index (χ0) is 29.2. The van der Waals surface area contributed by atoms with Crippen molar-refractivity contribution in [2.75, 3.05) is 37.4 Å². The molecule has 1 heterocycles. The predicted octanol–water partition coefficient (Wildman–Crippen LogP) is 4.44. The average molecular weight is 563 g/mol. The van der Waals surface area contributed by atoms with Crippen LogP contribution in [0.5, 0.6) is 5.75 Å². The standard InChI is InChI=1S/C28H33F3N4O5/c1-16-13-35(17(2)15-36)26(38)22-12-21(32-25(37)18-4-5-18)10-11-23(22)40-24(16)14-34(3)27(39)33-20-8-6-19(7-9-20)28(29,30)31/h6-12,16-18,24,36H,4-5,13-15H2,1-3H3,(H,32,37)(H,33,39)/t16-,17-,24-/m0/s1. The number of nitrogens with one attached hydrogen (secondary N) is 2. The lowest BCUT2D eigenvalue weighted by Gasteiger charge is -2.38. The molecule has 0 saturated heterocycles. The fraction of sp³-hybridized carbons (Fsp3) is 0.464. The van der Waals surface area contributed by atoms with Crippen LogP contribution >= 0.6 is 0 Å². The second kappa shape index (κ2) is 11.7. The van der Waals surface area contributed by atoms with E-state index in [-0.39, 0.29) is 60.3 Å². The predicted molar refractivity (Wildman–Crippen MR) is 142 cm³/mol. The van der Waals surface area contributed by atoms with E-state index in [0.29, 0.717) is 5.69 Å². The van der Waals surface area contributed by atoms with Crippen LogP contribution < -0.4 is 15.4 Å². The van der Waals surface area contributed by atoms with Gasteiger partial charge >= 0.3 is 12.2 Å². The molecule has 3 N–H and O–H groups in total. The molecule has 0 spiro atoms. The summed E-state index contributed by atoms with van der Waals surface area (Å²) in [5, 5.41) is 15.2. The summed E-state index contributed by atoms with van der Waals surface area (Å²) in [6.07, 6.45) is -3.39. The summed E-state index contributed by atoms with van der Waals surface area (Å²) < 4.78 is 44.8. The molecule has 0 unspecified atom stereocenters. The Labute approximate surface area is 230 Å². The third kappa shape index (κ3) is 6.85. The highest BCUT2D eigenvalue weighted by Crippen LogP contribution is 2.33. The lowest BCUT2D eigenvalue weighted by Crippen LogP contribution is -2.50. The maximum absolute atomic E-state index is 13.5. The van der Waals surface area contributed by atoms with Gasteiger partial charge in [-0.1, -0.05) is 6.92 Å². The Morgan fingerprint density at radius 2 is 1.77 bits per heavy atom. The number of fused-ring (bicyclic) bond motifs is 1. The molecule has 1 aliphatic heterocycles. The van der Waals surface area contributed by atoms with Crippen LogP contribution in [0.15, 0.2) is 42.5 Å². The van der Waals surface area contributed by atoms with Gasteiger partial charge in [0.25, 0.3) is 5.91 Å². The number of likely N-dealkylation sites (N-methyl/N-ethyl adjacent to an activating group) is 1. The molecule has 12 heteroatoms. The van der Waals surface area contributed by atoms with Crippen molar-refractivity contribution in [2.45, 2.75) is 45.0 Å². The molecule has 216 valence electrons. The first-order chi connectivity index (χ1) is 18.9. The minimum atomic E-state index is -4.48. The van der Waals surface area contributed by atoms with Gasteiger partial charge in [0.15, 0.2) is 0 Å². The molecule has 0 bridgehead atoms. The second-order valence-corrected chi connectivity index (χ2v) is 10.5. The van der Waals surface area contributed by atoms with Crippen LogP contribution in [0.25, 0.3) is 0 Å². The number of hydrogen-bond acceptors (Lipinski definition) is 5. The van der Waals surface area contributed by atoms with Crippen molar-refractivity contribution in [3.8, 4) is 5.75 Å². The van der Waals surface area contributed by atoms with Crippen molar-refractivity contribution in [2.24, 2.45) is 11.8 Å². The minimum absolute atomic E-state index is 0.0191. The van der Waals surface area contributed by atoms with Gasteiger partial charge in [0.1, 0.15) is 11.9 Å². The lowest BCUT2D eigenvalue weighted by molar-refractivity contribution is -0.137. The molecular formula is C28H33F3N4O5. The van der Waals surface area contributed by atoms with Crippen LogP contribution in [0.1, 0.15) is 42.6 Å². The van der Waals surface area contributed by atoms with E-state index in [0.717, 1.165) is 25.0 Å². The number of aliphatic hydroxyl groups excluding tert-OH is 1. The largest absolute Gasteiger partial charge is 0.487 e. The molecule has 1 aliphatic carbocycles. The van der Waals surface area contributed by atoms with Gasteiger partial charge in [-0.15, -0.1) is 0 Å². The maximum atomic E-state index is 13.5. The number of nitrogens with zero attached hydrogens (tertiary/aromatic N) is 2. The van der Waals surface area contributed by atoms with E-state index in [9.17, 15) is 32.7 Å². The van der Waals surface area contributed by atoms with E-state index in [4.69, 9.17) is 4.74 Å². The summed E-state index contributed by atoms with van der Waals surface area (Å²) in [5.74, 6) is -0.460. The molecule has 40 heavy (non-hydrogen) atoms. The van der Waals surface area contributed by atoms with E-state index in [1.165, 1.54) is 24.1 Å². The number of carbonyl (C=O) groups excluding carboxylic acids is 3. The van der Waals surface area contributed by atoms with Crippen LogP contribution in [0.2, 0.25) is 0 Å². The summed E-state index contributed by atoms with van der Waals surface area (Å²) in [5.41, 5.74) is 0.0712. The van der Waals surface area contributed by atoms with E-state index in [2.05, 4.69) is 10.6 Å². The smallest absolute Gasteiger partial charge is 0.416 e. The van der Waals surface area contributed by atoms with E-state index in [1.54, 1.807) is 30.0 Å². The number of amides is 4. The quantitative estimate of drug-likeness (QED) is 0.462. The Morgan fingerprint density at radius 1 is 1.12 bits per heavy atom. The number of urea groups is 1. The highest BCUT2D eigenvalue weighted by Gasteiger charge is 2.35. The van der Waals surface area contributed by atoms with Gasteiger partial charge in [0.05, 0.1) is 30.3 Å². The van der Waals surface area contributed by atoms with Gasteiger partial charge in [0.2, 0.25) is 5.91 Å². The van der Waals surface area contributed by atoms with Crippen molar-refractivity contribution < 1.29 is 37.4 Å². The van der Waals surface area contributed by atoms with E-state index >= 15 is 0 Å². The molecule has 2 aliphatic rings. The number of aliphatic hydroxyl groups is 1. The first kappa shape index (κ1) is 29.2. The van der Waals surface area contributed by atoms with Gasteiger partial charge in [-0.2, -0.15) is 13.2 Å². The van der Waals surface area contributed by atoms with E-state index < -0.39 is 29.9 Å². The number of ether oxygens (including phenoxy) is 1. The van der Waals surface area contributed by atoms with Crippen molar-refractivity contribution in [3.05, 3.63) is 53.6 Å². The van der Waals surface area contributed by atoms with Crippen LogP contribution in [-0.4, -0.2) is 71.6 Å². The normalized spacial score (nSPS) is 20.0. The molecule has 4 rings (SSSR count). The van der Waals surface area contributed by atoms with Crippen molar-refractivity contribution >= 4 is 29.2 Å². The zero-order valence-corrected chi connectivity index (χ0v) is 22.5. The van der Waals surface area contributed by atoms with E-state index in [1.807, 2.05) is 6.92 Å². The Balaban J connectivity index is 1.52. The van der Waals surface area contributed by atoms with Crippen LogP contribution in [-0.2, 0) is 11.0 Å². The Hall–Kier alpha value is -3.80. The number of anilines is 2. The van der Waals surface area contributed by atoms with Crippen molar-refractivity contribution in [3.63, 3.8) is 0 Å². The summed E-state index contributed by atoms with van der Waals surface area (Å²) >= 11 is 0. The number of carbonyl (C=O) groups is 3. The SMILES string of the molecule is C[C@H]1CN([C@@H](C)CO)C(=O)c2cc(NC(=O)C3CC3)ccc2O[C@H]1CN(C)C(=O)Nc1ccc(C(F)(F)F)cc1. The maximum Gasteiger partial charge on any atom is 0.416 e. The molecule has 9 nitrogen and oxygen atoms in total. The highest BCUT2D eigenvalue weighted by molar-refractivity contribution is 6.00. The first-order valence-corrected chi connectivity index (χ1v) is 13.1. The average Bonchev–Trinajstić information content (AvgIpc) is 3.76. The topological polar surface area (TPSA) is 111 Å². The molecule has 2 aromatic carbocycles. The molecule has 0 radical (unpaired) electrons. The first-order valence-electron chi connectivity index (χ1n) is 13.1. The molecular weight excluding hydrogens is 529 g/mol. The molecule has 3 atom stereocenters. The Kier molecular flexibility index (Phi) is 8.57. The molecule has 1 saturated carbocycles. The summed E-state index contributed by atoms with van der Waals surface area (Å²) in [6.45, 7) is 3.67. The minimum Gasteiger partial charge on any atom is -0.487 e. The number of rotatable bonds is 7. The molecule has 2 aromatic rings. The van der Waals surface area contributed by atoms with Crippen LogP contribution in [0, 0.1) is 11.8 Å². The number of alkyl halides is 3. The van der Waals surface area contributed by atoms with Gasteiger partial charge in [-0.05, 0) is 62.2 Å². The molecule has 4 amide bonds. The van der Waals surface area contributed by atoms with Crippen LogP contribution in [0.4, 0.5) is 29.3 Å². The summed E-state index contributed by atoms with van der Waals surface area (Å²) in [7, 11) is 1.53. The van der Waals surface area contributed by atoms with Crippen molar-refractivity contribution in [1.29, 1.82) is 0 Å². The number of hydrogen-bond donors (Lipinski definition) is 3. The van der Waals surface area contributed by atoms with Crippen molar-refractivity contribution in [1.82, 2.24) is 9.80 Å². The monoisotopic (exact) mass is 562 g/mol. The fourth-order valence-corrected chi connectivity index (χ4v) is 4.42. The fourth-order valence-electron chi connectivity index (χ4n) is 4.42. The summed E-state index contributed by atoms with van der Waals surface area (Å²) in [6, 6.07) is 7.91. The number of halogens is 3. The van der Waals surface area contributed by atoms with Gasteiger partial charge in [-0.3, -0.25) is 9.59 Å². The van der Waals surface area contributed by atoms with Crippen LogP contribution in [0.3, 0.4) is 0 Å². The number of benzene rings is 2. The second-order valence-electron chi connectivity index (χ2n) is 10.5. The molecule has 0 aromatic heterocycles.